The van der Waals surface area contributed by atoms with Gasteiger partial charge in [-0.05, 0) is 32.0 Å². The van der Waals surface area contributed by atoms with Gasteiger partial charge in [-0.2, -0.15) is 5.10 Å². The largest absolute Gasteiger partial charge is 0.308 e. The standard InChI is InChI=1S/C15H20Cl2N4/c1-4-7-18-12(15-11(16)6-5-8-19-15)9-13-14(17)10(2)20-21(13)3/h5-6,8,12,18H,4,7,9H2,1-3H3. The van der Waals surface area contributed by atoms with Crippen LogP contribution < -0.4 is 5.32 Å². The van der Waals surface area contributed by atoms with Crippen LogP contribution in [0.1, 0.15) is 36.5 Å². The molecule has 114 valence electrons. The molecule has 0 radical (unpaired) electrons. The van der Waals surface area contributed by atoms with Crippen LogP contribution in [-0.4, -0.2) is 21.3 Å². The molecule has 0 aliphatic carbocycles. The highest BCUT2D eigenvalue weighted by molar-refractivity contribution is 6.32. The molecule has 6 heteroatoms. The fraction of sp³-hybridized carbons (Fsp3) is 0.467. The van der Waals surface area contributed by atoms with Crippen molar-refractivity contribution in [3.05, 3.63) is 45.5 Å². The molecular weight excluding hydrogens is 307 g/mol. The van der Waals surface area contributed by atoms with Gasteiger partial charge in [-0.1, -0.05) is 30.1 Å². The van der Waals surface area contributed by atoms with Crippen LogP contribution in [0.5, 0.6) is 0 Å². The second kappa shape index (κ2) is 7.25. The number of nitrogens with one attached hydrogen (secondary N) is 1. The number of rotatable bonds is 6. The van der Waals surface area contributed by atoms with Gasteiger partial charge in [0, 0.05) is 19.7 Å². The van der Waals surface area contributed by atoms with Crippen molar-refractivity contribution in [3.8, 4) is 0 Å². The van der Waals surface area contributed by atoms with Gasteiger partial charge in [0.15, 0.2) is 0 Å². The van der Waals surface area contributed by atoms with Crippen LogP contribution in [0, 0.1) is 6.92 Å². The summed E-state index contributed by atoms with van der Waals surface area (Å²) in [5.74, 6) is 0. The molecule has 0 bridgehead atoms. The fourth-order valence-corrected chi connectivity index (χ4v) is 2.82. The van der Waals surface area contributed by atoms with Crippen LogP contribution >= 0.6 is 23.2 Å². The predicted molar refractivity (Wildman–Crippen MR) is 86.9 cm³/mol. The molecule has 2 aromatic heterocycles. The lowest BCUT2D eigenvalue weighted by molar-refractivity contribution is 0.502. The van der Waals surface area contributed by atoms with E-state index in [0.717, 1.165) is 30.0 Å². The minimum atomic E-state index is 0.0194. The monoisotopic (exact) mass is 326 g/mol. The van der Waals surface area contributed by atoms with Gasteiger partial charge < -0.3 is 5.32 Å². The normalized spacial score (nSPS) is 12.6. The Balaban J connectivity index is 2.31. The Morgan fingerprint density at radius 1 is 1.38 bits per heavy atom. The maximum Gasteiger partial charge on any atom is 0.0847 e. The zero-order valence-corrected chi connectivity index (χ0v) is 14.0. The number of halogens is 2. The number of aryl methyl sites for hydroxylation is 2. The average Bonchev–Trinajstić information content (AvgIpc) is 2.70. The Labute approximate surface area is 135 Å². The van der Waals surface area contributed by atoms with Gasteiger partial charge >= 0.3 is 0 Å². The highest BCUT2D eigenvalue weighted by Gasteiger charge is 2.20. The van der Waals surface area contributed by atoms with E-state index >= 15 is 0 Å². The molecule has 21 heavy (non-hydrogen) atoms. The third-order valence-electron chi connectivity index (χ3n) is 3.42. The summed E-state index contributed by atoms with van der Waals surface area (Å²) in [5, 5.41) is 9.24. The van der Waals surface area contributed by atoms with E-state index in [0.29, 0.717) is 16.5 Å². The summed E-state index contributed by atoms with van der Waals surface area (Å²) in [6.45, 7) is 4.94. The van der Waals surface area contributed by atoms with Crippen LogP contribution in [0.2, 0.25) is 10.0 Å². The number of pyridine rings is 1. The van der Waals surface area contributed by atoms with E-state index in [-0.39, 0.29) is 6.04 Å². The Morgan fingerprint density at radius 2 is 2.14 bits per heavy atom. The van der Waals surface area contributed by atoms with Gasteiger partial charge in [0.1, 0.15) is 0 Å². The molecule has 1 N–H and O–H groups in total. The van der Waals surface area contributed by atoms with Crippen LogP contribution in [0.15, 0.2) is 18.3 Å². The molecule has 2 rings (SSSR count). The first kappa shape index (κ1) is 16.3. The molecule has 0 aliphatic rings. The molecule has 1 unspecified atom stereocenters. The van der Waals surface area contributed by atoms with Gasteiger partial charge in [-0.15, -0.1) is 0 Å². The van der Waals surface area contributed by atoms with Gasteiger partial charge in [0.2, 0.25) is 0 Å². The average molecular weight is 327 g/mol. The summed E-state index contributed by atoms with van der Waals surface area (Å²) in [6, 6.07) is 3.72. The highest BCUT2D eigenvalue weighted by atomic mass is 35.5. The minimum Gasteiger partial charge on any atom is -0.308 e. The summed E-state index contributed by atoms with van der Waals surface area (Å²) in [6.07, 6.45) is 3.50. The van der Waals surface area contributed by atoms with Gasteiger partial charge in [0.05, 0.1) is 33.2 Å². The van der Waals surface area contributed by atoms with Crippen LogP contribution in [-0.2, 0) is 13.5 Å². The van der Waals surface area contributed by atoms with Crippen LogP contribution in [0.3, 0.4) is 0 Å². The third-order valence-corrected chi connectivity index (χ3v) is 4.23. The Bertz CT molecular complexity index is 610. The molecule has 0 saturated heterocycles. The Hall–Kier alpha value is -1.10. The van der Waals surface area contributed by atoms with E-state index in [1.54, 1.807) is 6.20 Å². The summed E-state index contributed by atoms with van der Waals surface area (Å²) in [5.41, 5.74) is 2.68. The van der Waals surface area contributed by atoms with Gasteiger partial charge in [-0.25, -0.2) is 0 Å². The Kier molecular flexibility index (Phi) is 5.62. The quantitative estimate of drug-likeness (QED) is 0.879. The predicted octanol–water partition coefficient (Wildman–Crippen LogP) is 3.71. The smallest absolute Gasteiger partial charge is 0.0847 e. The van der Waals surface area contributed by atoms with Crippen molar-refractivity contribution in [1.82, 2.24) is 20.1 Å². The van der Waals surface area contributed by atoms with Crippen molar-refractivity contribution in [3.63, 3.8) is 0 Å². The molecule has 0 spiro atoms. The van der Waals surface area contributed by atoms with Gasteiger partial charge in [-0.3, -0.25) is 9.67 Å². The maximum absolute atomic E-state index is 6.35. The second-order valence-electron chi connectivity index (χ2n) is 5.05. The highest BCUT2D eigenvalue weighted by Crippen LogP contribution is 2.27. The minimum absolute atomic E-state index is 0.0194. The van der Waals surface area contributed by atoms with Crippen LogP contribution in [0.25, 0.3) is 0 Å². The summed E-state index contributed by atoms with van der Waals surface area (Å²) in [7, 11) is 1.91. The molecule has 1 atom stereocenters. The molecule has 0 fully saturated rings. The van der Waals surface area contributed by atoms with E-state index in [9.17, 15) is 0 Å². The second-order valence-corrected chi connectivity index (χ2v) is 5.84. The van der Waals surface area contributed by atoms with Gasteiger partial charge in [0.25, 0.3) is 0 Å². The fourth-order valence-electron chi connectivity index (χ4n) is 2.33. The third kappa shape index (κ3) is 3.76. The number of hydrogen-bond donors (Lipinski definition) is 1. The first-order valence-corrected chi connectivity index (χ1v) is 7.82. The molecule has 0 aliphatic heterocycles. The van der Waals surface area contributed by atoms with Crippen molar-refractivity contribution in [2.75, 3.05) is 6.54 Å². The number of hydrogen-bond acceptors (Lipinski definition) is 3. The zero-order valence-electron chi connectivity index (χ0n) is 12.5. The van der Waals surface area contributed by atoms with Crippen molar-refractivity contribution in [2.45, 2.75) is 32.7 Å². The molecule has 4 nitrogen and oxygen atoms in total. The molecule has 2 heterocycles. The van der Waals surface area contributed by atoms with E-state index in [1.165, 1.54) is 0 Å². The lowest BCUT2D eigenvalue weighted by atomic mass is 10.1. The summed E-state index contributed by atoms with van der Waals surface area (Å²) >= 11 is 12.6. The van der Waals surface area contributed by atoms with Crippen molar-refractivity contribution < 1.29 is 0 Å². The van der Waals surface area contributed by atoms with E-state index < -0.39 is 0 Å². The molecule has 0 saturated carbocycles. The van der Waals surface area contributed by atoms with E-state index in [4.69, 9.17) is 23.2 Å². The van der Waals surface area contributed by atoms with Crippen LogP contribution in [0.4, 0.5) is 0 Å². The van der Waals surface area contributed by atoms with Crippen molar-refractivity contribution >= 4 is 23.2 Å². The van der Waals surface area contributed by atoms with E-state index in [1.807, 2.05) is 30.8 Å². The summed E-state index contributed by atoms with van der Waals surface area (Å²) in [4.78, 5) is 4.43. The number of aromatic nitrogens is 3. The van der Waals surface area contributed by atoms with Crippen molar-refractivity contribution in [2.24, 2.45) is 7.05 Å². The Morgan fingerprint density at radius 3 is 2.71 bits per heavy atom. The zero-order chi connectivity index (χ0) is 15.4. The molecular formula is C15H20Cl2N4. The molecule has 2 aromatic rings. The lowest BCUT2D eigenvalue weighted by Gasteiger charge is -2.19. The topological polar surface area (TPSA) is 42.7 Å². The SMILES string of the molecule is CCCNC(Cc1c(Cl)c(C)nn1C)c1ncccc1Cl. The lowest BCUT2D eigenvalue weighted by Crippen LogP contribution is -2.26. The maximum atomic E-state index is 6.35. The van der Waals surface area contributed by atoms with Crippen molar-refractivity contribution in [1.29, 1.82) is 0 Å². The van der Waals surface area contributed by atoms with E-state index in [2.05, 4.69) is 22.3 Å². The first-order chi connectivity index (χ1) is 10.0. The molecule has 0 amide bonds. The molecule has 0 aromatic carbocycles. The summed E-state index contributed by atoms with van der Waals surface area (Å²) < 4.78 is 1.83. The number of nitrogens with zero attached hydrogens (tertiary/aromatic N) is 3. The first-order valence-electron chi connectivity index (χ1n) is 7.06.